The second-order valence-corrected chi connectivity index (χ2v) is 5.16. The Morgan fingerprint density at radius 1 is 1.50 bits per heavy atom. The molecule has 0 radical (unpaired) electrons. The van der Waals surface area contributed by atoms with E-state index in [0.717, 1.165) is 12.4 Å². The third kappa shape index (κ3) is 1.74. The minimum atomic E-state index is -0.0315. The molecule has 0 spiro atoms. The molecule has 0 unspecified atom stereocenters. The highest BCUT2D eigenvalue weighted by molar-refractivity contribution is 7.17. The number of rotatable bonds is 1. The summed E-state index contributed by atoms with van der Waals surface area (Å²) in [5.41, 5.74) is 6.31. The molecule has 1 aliphatic rings. The van der Waals surface area contributed by atoms with Gasteiger partial charge in [0.1, 0.15) is 11.2 Å². The van der Waals surface area contributed by atoms with Gasteiger partial charge >= 0.3 is 0 Å². The second-order valence-electron chi connectivity index (χ2n) is 4.13. The molecule has 0 atom stereocenters. The highest BCUT2D eigenvalue weighted by Crippen LogP contribution is 2.23. The Kier molecular flexibility index (Phi) is 2.51. The smallest absolute Gasteiger partial charge is 0.266 e. The number of thiazole rings is 1. The van der Waals surface area contributed by atoms with Gasteiger partial charge in [-0.3, -0.25) is 4.79 Å². The minimum Gasteiger partial charge on any atom is -0.375 e. The van der Waals surface area contributed by atoms with E-state index < -0.39 is 0 Å². The predicted octanol–water partition coefficient (Wildman–Crippen LogP) is 0.281. The van der Waals surface area contributed by atoms with Crippen LogP contribution >= 0.6 is 11.3 Å². The first kappa shape index (κ1) is 11.1. The molecule has 3 heterocycles. The predicted molar refractivity (Wildman–Crippen MR) is 66.0 cm³/mol. The molecule has 0 bridgehead atoms. The maximum atomic E-state index is 12.3. The number of hydrogen-bond acceptors (Lipinski definition) is 6. The maximum absolute atomic E-state index is 12.3. The molecule has 2 aromatic rings. The highest BCUT2D eigenvalue weighted by atomic mass is 32.1. The van der Waals surface area contributed by atoms with E-state index in [4.69, 9.17) is 5.73 Å². The lowest BCUT2D eigenvalue weighted by molar-refractivity contribution is 0.0711. The molecule has 7 nitrogen and oxygen atoms in total. The Balaban J connectivity index is 1.85. The summed E-state index contributed by atoms with van der Waals surface area (Å²) in [6.45, 7) is 3.66. The summed E-state index contributed by atoms with van der Waals surface area (Å²) >= 11 is 1.23. The largest absolute Gasteiger partial charge is 0.375 e. The molecule has 0 aliphatic carbocycles. The minimum absolute atomic E-state index is 0.0315. The third-order valence-electron chi connectivity index (χ3n) is 2.93. The lowest BCUT2D eigenvalue weighted by Gasteiger charge is -2.26. The van der Waals surface area contributed by atoms with Gasteiger partial charge in [-0.1, -0.05) is 11.3 Å². The first-order chi connectivity index (χ1) is 8.65. The van der Waals surface area contributed by atoms with E-state index in [0.29, 0.717) is 28.8 Å². The number of fused-ring (bicyclic) bond motifs is 1. The van der Waals surface area contributed by atoms with Crippen molar-refractivity contribution in [1.29, 1.82) is 0 Å². The van der Waals surface area contributed by atoms with Gasteiger partial charge in [-0.2, -0.15) is 0 Å². The van der Waals surface area contributed by atoms with Crippen molar-refractivity contribution in [3.05, 3.63) is 22.7 Å². The molecule has 0 aromatic carbocycles. The van der Waals surface area contributed by atoms with Gasteiger partial charge in [0.05, 0.1) is 12.2 Å². The van der Waals surface area contributed by atoms with E-state index in [1.165, 1.54) is 11.3 Å². The van der Waals surface area contributed by atoms with Crippen LogP contribution in [0.4, 0.5) is 5.13 Å². The van der Waals surface area contributed by atoms with Crippen molar-refractivity contribution < 1.29 is 4.79 Å². The summed E-state index contributed by atoms with van der Waals surface area (Å²) in [5.74, 6) is 0.778. The Bertz CT molecular complexity index is 603. The topological polar surface area (TPSA) is 89.9 Å². The molecule has 0 saturated carbocycles. The number of hydrogen-bond donors (Lipinski definition) is 1. The van der Waals surface area contributed by atoms with Crippen LogP contribution < -0.4 is 5.73 Å². The number of aromatic nitrogens is 4. The van der Waals surface area contributed by atoms with Crippen molar-refractivity contribution >= 4 is 22.4 Å². The number of nitrogen functional groups attached to an aromatic ring is 1. The van der Waals surface area contributed by atoms with E-state index in [9.17, 15) is 4.79 Å². The van der Waals surface area contributed by atoms with Gasteiger partial charge in [-0.15, -0.1) is 10.2 Å². The molecule has 0 saturated heterocycles. The maximum Gasteiger partial charge on any atom is 0.266 e. The Morgan fingerprint density at radius 2 is 2.33 bits per heavy atom. The van der Waals surface area contributed by atoms with Crippen LogP contribution in [-0.2, 0) is 13.1 Å². The van der Waals surface area contributed by atoms with Gasteiger partial charge < -0.3 is 15.2 Å². The van der Waals surface area contributed by atoms with Gasteiger partial charge in [-0.05, 0) is 6.92 Å². The lowest BCUT2D eigenvalue weighted by Crippen LogP contribution is -2.38. The zero-order valence-corrected chi connectivity index (χ0v) is 10.6. The summed E-state index contributed by atoms with van der Waals surface area (Å²) in [6.07, 6.45) is 1.69. The molecule has 1 aliphatic heterocycles. The molecule has 2 N–H and O–H groups in total. The van der Waals surface area contributed by atoms with Crippen LogP contribution in [0.15, 0.2) is 6.33 Å². The van der Waals surface area contributed by atoms with Crippen LogP contribution in [-0.4, -0.2) is 37.1 Å². The van der Waals surface area contributed by atoms with E-state index in [-0.39, 0.29) is 5.91 Å². The van der Waals surface area contributed by atoms with Gasteiger partial charge in [0.25, 0.3) is 5.91 Å². The SMILES string of the molecule is Cc1nc(N)sc1C(=O)N1CCn2cnnc2C1. The van der Waals surface area contributed by atoms with E-state index in [1.54, 1.807) is 18.2 Å². The Labute approximate surface area is 107 Å². The molecular weight excluding hydrogens is 252 g/mol. The Morgan fingerprint density at radius 3 is 3.06 bits per heavy atom. The highest BCUT2D eigenvalue weighted by Gasteiger charge is 2.25. The molecular formula is C10H12N6OS. The van der Waals surface area contributed by atoms with Gasteiger partial charge in [-0.25, -0.2) is 4.98 Å². The van der Waals surface area contributed by atoms with Crippen molar-refractivity contribution in [2.45, 2.75) is 20.0 Å². The fourth-order valence-corrected chi connectivity index (χ4v) is 2.80. The van der Waals surface area contributed by atoms with Gasteiger partial charge in [0.15, 0.2) is 11.0 Å². The van der Waals surface area contributed by atoms with E-state index in [2.05, 4.69) is 15.2 Å². The van der Waals surface area contributed by atoms with Crippen molar-refractivity contribution in [2.24, 2.45) is 0 Å². The number of nitrogens with zero attached hydrogens (tertiary/aromatic N) is 5. The molecule has 94 valence electrons. The van der Waals surface area contributed by atoms with Crippen molar-refractivity contribution in [3.8, 4) is 0 Å². The van der Waals surface area contributed by atoms with Crippen molar-refractivity contribution in [1.82, 2.24) is 24.6 Å². The van der Waals surface area contributed by atoms with Crippen LogP contribution in [0.3, 0.4) is 0 Å². The Hall–Kier alpha value is -1.96. The summed E-state index contributed by atoms with van der Waals surface area (Å²) < 4.78 is 1.96. The third-order valence-corrected chi connectivity index (χ3v) is 3.91. The van der Waals surface area contributed by atoms with Gasteiger partial charge in [0.2, 0.25) is 0 Å². The van der Waals surface area contributed by atoms with E-state index >= 15 is 0 Å². The first-order valence-electron chi connectivity index (χ1n) is 5.54. The van der Waals surface area contributed by atoms with Crippen molar-refractivity contribution in [3.63, 3.8) is 0 Å². The summed E-state index contributed by atoms with van der Waals surface area (Å²) in [6, 6.07) is 0. The number of anilines is 1. The number of carbonyl (C=O) groups excluding carboxylic acids is 1. The average molecular weight is 264 g/mol. The standard InChI is InChI=1S/C10H12N6OS/c1-6-8(18-10(11)13-6)9(17)15-2-3-16-5-12-14-7(16)4-15/h5H,2-4H2,1H3,(H2,11,13). The van der Waals surface area contributed by atoms with E-state index in [1.807, 2.05) is 4.57 Å². The van der Waals surface area contributed by atoms with Gasteiger partial charge in [0, 0.05) is 13.1 Å². The number of amides is 1. The lowest BCUT2D eigenvalue weighted by atomic mass is 10.3. The quantitative estimate of drug-likeness (QED) is 0.799. The number of carbonyl (C=O) groups is 1. The molecule has 18 heavy (non-hydrogen) atoms. The fourth-order valence-electron chi connectivity index (χ4n) is 2.00. The number of aryl methyl sites for hydroxylation is 1. The summed E-state index contributed by atoms with van der Waals surface area (Å²) in [5, 5.41) is 8.26. The first-order valence-corrected chi connectivity index (χ1v) is 6.35. The van der Waals surface area contributed by atoms with Crippen LogP contribution in [0.5, 0.6) is 0 Å². The molecule has 2 aromatic heterocycles. The zero-order valence-electron chi connectivity index (χ0n) is 9.83. The molecule has 0 fully saturated rings. The fraction of sp³-hybridized carbons (Fsp3) is 0.400. The molecule has 3 rings (SSSR count). The van der Waals surface area contributed by atoms with Crippen LogP contribution in [0.25, 0.3) is 0 Å². The molecule has 8 heteroatoms. The normalized spacial score (nSPS) is 14.6. The van der Waals surface area contributed by atoms with Crippen molar-refractivity contribution in [2.75, 3.05) is 12.3 Å². The summed E-state index contributed by atoms with van der Waals surface area (Å²) in [4.78, 5) is 18.8. The zero-order chi connectivity index (χ0) is 12.7. The van der Waals surface area contributed by atoms with Crippen LogP contribution in [0.1, 0.15) is 21.2 Å². The monoisotopic (exact) mass is 264 g/mol. The van der Waals surface area contributed by atoms with Crippen LogP contribution in [0.2, 0.25) is 0 Å². The molecule has 1 amide bonds. The number of nitrogens with two attached hydrogens (primary N) is 1. The second kappa shape index (κ2) is 4.05. The van der Waals surface area contributed by atoms with Crippen LogP contribution in [0, 0.1) is 6.92 Å². The average Bonchev–Trinajstić information content (AvgIpc) is 2.93. The summed E-state index contributed by atoms with van der Waals surface area (Å²) in [7, 11) is 0.